The van der Waals surface area contributed by atoms with Crippen LogP contribution < -0.4 is 5.32 Å². The summed E-state index contributed by atoms with van der Waals surface area (Å²) in [7, 11) is 0. The predicted octanol–water partition coefficient (Wildman–Crippen LogP) is 10.2. The van der Waals surface area contributed by atoms with Crippen LogP contribution in [-0.2, 0) is 5.41 Å². The largest absolute Gasteiger partial charge is 0.355 e. The lowest BCUT2D eigenvalue weighted by molar-refractivity contribution is 0.763. The van der Waals surface area contributed by atoms with Crippen molar-refractivity contribution in [2.75, 3.05) is 5.32 Å². The van der Waals surface area contributed by atoms with Gasteiger partial charge in [-0.05, 0) is 92.0 Å². The van der Waals surface area contributed by atoms with Crippen LogP contribution in [0.4, 0.5) is 11.4 Å². The molecule has 0 bridgehead atoms. The van der Waals surface area contributed by atoms with Crippen LogP contribution in [0, 0.1) is 0 Å². The maximum absolute atomic E-state index is 3.83. The van der Waals surface area contributed by atoms with Gasteiger partial charge in [0.05, 0.1) is 5.41 Å². The van der Waals surface area contributed by atoms with Gasteiger partial charge in [-0.2, -0.15) is 0 Å². The first-order valence-electron chi connectivity index (χ1n) is 13.3. The summed E-state index contributed by atoms with van der Waals surface area (Å²) in [5.41, 5.74) is 14.5. The van der Waals surface area contributed by atoms with E-state index in [0.29, 0.717) is 0 Å². The normalized spacial score (nSPS) is 13.7. The maximum atomic E-state index is 3.83. The second-order valence-electron chi connectivity index (χ2n) is 10.4. The van der Waals surface area contributed by atoms with Crippen molar-refractivity contribution in [3.05, 3.63) is 166 Å². The molecule has 2 aliphatic rings. The Kier molecular flexibility index (Phi) is 4.95. The average molecular weight is 563 g/mol. The zero-order valence-electron chi connectivity index (χ0n) is 21.2. The van der Waals surface area contributed by atoms with Crippen molar-refractivity contribution in [1.82, 2.24) is 0 Å². The third-order valence-electron chi connectivity index (χ3n) is 8.34. The molecule has 0 radical (unpaired) electrons. The number of fused-ring (bicyclic) bond motifs is 9. The molecule has 0 saturated carbocycles. The first-order chi connectivity index (χ1) is 19.2. The Bertz CT molecular complexity index is 1800. The van der Waals surface area contributed by atoms with Crippen LogP contribution in [-0.4, -0.2) is 0 Å². The number of halogens is 1. The molecule has 1 nitrogen and oxygen atoms in total. The minimum Gasteiger partial charge on any atom is -0.355 e. The molecule has 39 heavy (non-hydrogen) atoms. The molecule has 2 heteroatoms. The molecule has 8 rings (SSSR count). The zero-order chi connectivity index (χ0) is 26.0. The molecule has 0 aromatic heterocycles. The van der Waals surface area contributed by atoms with Crippen molar-refractivity contribution in [2.24, 2.45) is 0 Å². The van der Waals surface area contributed by atoms with Crippen LogP contribution in [0.1, 0.15) is 22.3 Å². The third-order valence-corrected chi connectivity index (χ3v) is 8.83. The van der Waals surface area contributed by atoms with Gasteiger partial charge in [-0.15, -0.1) is 0 Å². The minimum atomic E-state index is -0.457. The maximum Gasteiger partial charge on any atom is 0.0754 e. The number of rotatable bonds is 2. The Labute approximate surface area is 236 Å². The summed E-state index contributed by atoms with van der Waals surface area (Å²) in [4.78, 5) is 0. The topological polar surface area (TPSA) is 12.0 Å². The van der Waals surface area contributed by atoms with E-state index >= 15 is 0 Å². The van der Waals surface area contributed by atoms with E-state index in [0.717, 1.165) is 15.8 Å². The molecule has 6 aromatic rings. The number of hydrogen-bond acceptors (Lipinski definition) is 1. The second-order valence-corrected chi connectivity index (χ2v) is 11.3. The molecule has 0 fully saturated rings. The highest BCUT2D eigenvalue weighted by Gasteiger charge is 2.50. The van der Waals surface area contributed by atoms with Crippen LogP contribution in [0.3, 0.4) is 0 Å². The van der Waals surface area contributed by atoms with Crippen molar-refractivity contribution in [2.45, 2.75) is 5.41 Å². The summed E-state index contributed by atoms with van der Waals surface area (Å²) in [5.74, 6) is 0. The summed E-state index contributed by atoms with van der Waals surface area (Å²) in [6.45, 7) is 0. The SMILES string of the molecule is Brc1ccc2c(c1)C1(c3cc(-c4ccccc4)ccc3Nc3ccc(-c4ccccc4)cc31)c1ccccc1-2. The summed E-state index contributed by atoms with van der Waals surface area (Å²) in [6, 6.07) is 50.9. The minimum absolute atomic E-state index is 0.457. The van der Waals surface area contributed by atoms with Crippen LogP contribution >= 0.6 is 15.9 Å². The summed E-state index contributed by atoms with van der Waals surface area (Å²) >= 11 is 3.83. The molecule has 1 heterocycles. The van der Waals surface area contributed by atoms with Crippen LogP contribution in [0.2, 0.25) is 0 Å². The number of hydrogen-bond donors (Lipinski definition) is 1. The molecule has 1 aliphatic heterocycles. The summed E-state index contributed by atoms with van der Waals surface area (Å²) in [5, 5.41) is 3.81. The van der Waals surface area contributed by atoms with Gasteiger partial charge in [0.2, 0.25) is 0 Å². The van der Waals surface area contributed by atoms with Gasteiger partial charge in [0.25, 0.3) is 0 Å². The predicted molar refractivity (Wildman–Crippen MR) is 166 cm³/mol. The van der Waals surface area contributed by atoms with Gasteiger partial charge in [-0.25, -0.2) is 0 Å². The lowest BCUT2D eigenvalue weighted by atomic mass is 9.64. The summed E-state index contributed by atoms with van der Waals surface area (Å²) < 4.78 is 1.09. The third kappa shape index (κ3) is 3.25. The van der Waals surface area contributed by atoms with Crippen LogP contribution in [0.5, 0.6) is 0 Å². The molecule has 0 saturated heterocycles. The van der Waals surface area contributed by atoms with Gasteiger partial charge in [0.15, 0.2) is 0 Å². The molecule has 1 spiro atoms. The molecule has 1 N–H and O–H groups in total. The molecule has 0 amide bonds. The average Bonchev–Trinajstić information content (AvgIpc) is 3.28. The molecular formula is C37H24BrN. The van der Waals surface area contributed by atoms with E-state index in [-0.39, 0.29) is 0 Å². The van der Waals surface area contributed by atoms with Gasteiger partial charge in [-0.1, -0.05) is 119 Å². The van der Waals surface area contributed by atoms with Crippen molar-refractivity contribution in [3.63, 3.8) is 0 Å². The van der Waals surface area contributed by atoms with E-state index in [1.807, 2.05) is 0 Å². The lowest BCUT2D eigenvalue weighted by Crippen LogP contribution is -2.33. The number of anilines is 2. The Morgan fingerprint density at radius 1 is 0.410 bits per heavy atom. The van der Waals surface area contributed by atoms with E-state index in [9.17, 15) is 0 Å². The first kappa shape index (κ1) is 22.6. The van der Waals surface area contributed by atoms with Crippen molar-refractivity contribution < 1.29 is 0 Å². The van der Waals surface area contributed by atoms with Crippen LogP contribution in [0.15, 0.2) is 144 Å². The van der Waals surface area contributed by atoms with E-state index in [2.05, 4.69) is 161 Å². The fraction of sp³-hybridized carbons (Fsp3) is 0.0270. The summed E-state index contributed by atoms with van der Waals surface area (Å²) in [6.07, 6.45) is 0. The van der Waals surface area contributed by atoms with E-state index < -0.39 is 5.41 Å². The van der Waals surface area contributed by atoms with E-state index in [4.69, 9.17) is 0 Å². The zero-order valence-corrected chi connectivity index (χ0v) is 22.7. The van der Waals surface area contributed by atoms with Gasteiger partial charge in [-0.3, -0.25) is 0 Å². The molecule has 6 aromatic carbocycles. The van der Waals surface area contributed by atoms with Crippen molar-refractivity contribution in [1.29, 1.82) is 0 Å². The monoisotopic (exact) mass is 561 g/mol. The smallest absolute Gasteiger partial charge is 0.0754 e. The highest BCUT2D eigenvalue weighted by atomic mass is 79.9. The highest BCUT2D eigenvalue weighted by molar-refractivity contribution is 9.10. The van der Waals surface area contributed by atoms with E-state index in [1.165, 1.54) is 55.6 Å². The Morgan fingerprint density at radius 2 is 0.949 bits per heavy atom. The fourth-order valence-corrected chi connectivity index (χ4v) is 7.03. The van der Waals surface area contributed by atoms with Gasteiger partial charge in [0.1, 0.15) is 0 Å². The van der Waals surface area contributed by atoms with Gasteiger partial charge >= 0.3 is 0 Å². The van der Waals surface area contributed by atoms with Gasteiger partial charge < -0.3 is 5.32 Å². The van der Waals surface area contributed by atoms with E-state index in [1.54, 1.807) is 0 Å². The van der Waals surface area contributed by atoms with Gasteiger partial charge in [0, 0.05) is 15.8 Å². The Balaban J connectivity index is 1.51. The number of benzene rings is 6. The molecule has 0 unspecified atom stereocenters. The highest BCUT2D eigenvalue weighted by Crippen LogP contribution is 2.62. The first-order valence-corrected chi connectivity index (χ1v) is 14.1. The molecule has 0 atom stereocenters. The molecular weight excluding hydrogens is 538 g/mol. The Hall–Kier alpha value is -4.40. The van der Waals surface area contributed by atoms with Crippen molar-refractivity contribution in [3.8, 4) is 33.4 Å². The Morgan fingerprint density at radius 3 is 1.56 bits per heavy atom. The van der Waals surface area contributed by atoms with Crippen LogP contribution in [0.25, 0.3) is 33.4 Å². The second kappa shape index (κ2) is 8.56. The van der Waals surface area contributed by atoms with Crippen molar-refractivity contribution >= 4 is 27.3 Å². The lowest BCUT2D eigenvalue weighted by Gasteiger charge is -2.41. The quantitative estimate of drug-likeness (QED) is 0.221. The molecule has 1 aliphatic carbocycles. The standard InChI is InChI=1S/C37H24BrN/c38-28-17-18-30-29-13-7-8-14-31(29)37(32(30)23-28)33-21-26(24-9-3-1-4-10-24)15-19-35(33)39-36-20-16-27(22-34(36)37)25-11-5-2-6-12-25/h1-23,39H. The number of nitrogens with one attached hydrogen (secondary N) is 1. The fourth-order valence-electron chi connectivity index (χ4n) is 6.67. The molecule has 184 valence electrons.